The summed E-state index contributed by atoms with van der Waals surface area (Å²) in [7, 11) is 0. The Morgan fingerprint density at radius 1 is 1.28 bits per heavy atom. The van der Waals surface area contributed by atoms with Crippen molar-refractivity contribution in [3.8, 4) is 0 Å². The van der Waals surface area contributed by atoms with E-state index in [4.69, 9.17) is 0 Å². The first-order chi connectivity index (χ1) is 8.81. The zero-order valence-electron chi connectivity index (χ0n) is 10.3. The second kappa shape index (κ2) is 6.12. The van der Waals surface area contributed by atoms with Crippen LogP contribution >= 0.6 is 0 Å². The fraction of sp³-hybridized carbons (Fsp3) is 0.429. The summed E-state index contributed by atoms with van der Waals surface area (Å²) in [6, 6.07) is 5.46. The van der Waals surface area contributed by atoms with Crippen LogP contribution in [-0.2, 0) is 16.0 Å². The molecule has 4 nitrogen and oxygen atoms in total. The van der Waals surface area contributed by atoms with Gasteiger partial charge in [-0.1, -0.05) is 6.07 Å². The summed E-state index contributed by atoms with van der Waals surface area (Å²) in [4.78, 5) is 29.0. The van der Waals surface area contributed by atoms with E-state index >= 15 is 0 Å². The molecule has 1 aliphatic heterocycles. The Balaban J connectivity index is 2.05. The number of hydrogen-bond donors (Lipinski definition) is 0. The minimum atomic E-state index is -0.185. The number of pyridine rings is 1. The van der Waals surface area contributed by atoms with E-state index in [2.05, 4.69) is 4.98 Å². The van der Waals surface area contributed by atoms with Crippen molar-refractivity contribution >= 4 is 11.8 Å². The van der Waals surface area contributed by atoms with E-state index in [1.165, 1.54) is 0 Å². The Bertz CT molecular complexity index is 458. The lowest BCUT2D eigenvalue weighted by Gasteiger charge is -2.26. The molecule has 1 saturated heterocycles. The standard InChI is InChI=1S/C14H16N2O2/c17-11-12(10-13-6-2-3-7-15-13)14(18)16-8-4-1-5-9-16/h2-3,6-7H,1,4-5,8-10H2. The Labute approximate surface area is 106 Å². The van der Waals surface area contributed by atoms with Crippen molar-refractivity contribution in [1.29, 1.82) is 0 Å². The number of likely N-dealkylation sites (tertiary alicyclic amines) is 1. The van der Waals surface area contributed by atoms with E-state index < -0.39 is 0 Å². The minimum absolute atomic E-state index is 0.176. The van der Waals surface area contributed by atoms with E-state index in [0.29, 0.717) is 0 Å². The molecule has 94 valence electrons. The second-order valence-electron chi connectivity index (χ2n) is 4.43. The fourth-order valence-electron chi connectivity index (χ4n) is 2.13. The number of rotatable bonds is 3. The number of amides is 1. The van der Waals surface area contributed by atoms with Gasteiger partial charge in [0.15, 0.2) is 0 Å². The summed E-state index contributed by atoms with van der Waals surface area (Å²) in [6.45, 7) is 1.48. The SMILES string of the molecule is O=C=C(Cc1ccccn1)C(=O)N1CCCCC1. The first-order valence-electron chi connectivity index (χ1n) is 6.24. The molecule has 1 aromatic rings. The molecule has 1 amide bonds. The largest absolute Gasteiger partial charge is 0.338 e. The Hall–Kier alpha value is -1.93. The van der Waals surface area contributed by atoms with Gasteiger partial charge in [0, 0.05) is 31.4 Å². The number of carbonyl (C=O) groups is 1. The number of nitrogens with zero attached hydrogens (tertiary/aromatic N) is 2. The van der Waals surface area contributed by atoms with Crippen LogP contribution in [-0.4, -0.2) is 34.8 Å². The summed E-state index contributed by atoms with van der Waals surface area (Å²) in [5.74, 6) is 1.60. The normalized spacial score (nSPS) is 15.0. The van der Waals surface area contributed by atoms with Crippen LogP contribution in [0.5, 0.6) is 0 Å². The molecule has 18 heavy (non-hydrogen) atoms. The monoisotopic (exact) mass is 244 g/mol. The lowest BCUT2D eigenvalue weighted by atomic mass is 10.1. The van der Waals surface area contributed by atoms with Gasteiger partial charge in [0.2, 0.25) is 0 Å². The molecule has 1 fully saturated rings. The molecule has 0 aliphatic carbocycles. The Kier molecular flexibility index (Phi) is 4.26. The van der Waals surface area contributed by atoms with E-state index in [-0.39, 0.29) is 17.9 Å². The van der Waals surface area contributed by atoms with Crippen LogP contribution in [0.3, 0.4) is 0 Å². The molecule has 0 saturated carbocycles. The summed E-state index contributed by atoms with van der Waals surface area (Å²) in [5, 5.41) is 0. The quantitative estimate of drug-likeness (QED) is 0.596. The zero-order valence-corrected chi connectivity index (χ0v) is 10.3. The number of hydrogen-bond acceptors (Lipinski definition) is 3. The number of piperidine rings is 1. The smallest absolute Gasteiger partial charge is 0.261 e. The summed E-state index contributed by atoms with van der Waals surface area (Å²) in [6.07, 6.45) is 5.11. The highest BCUT2D eigenvalue weighted by Gasteiger charge is 2.21. The van der Waals surface area contributed by atoms with Gasteiger partial charge >= 0.3 is 0 Å². The molecule has 1 aromatic heterocycles. The van der Waals surface area contributed by atoms with Crippen molar-refractivity contribution in [1.82, 2.24) is 9.88 Å². The van der Waals surface area contributed by atoms with Gasteiger partial charge in [0.1, 0.15) is 11.5 Å². The van der Waals surface area contributed by atoms with Crippen LogP contribution in [0.2, 0.25) is 0 Å². The maximum atomic E-state index is 12.1. The topological polar surface area (TPSA) is 50.3 Å². The molecule has 2 heterocycles. The third kappa shape index (κ3) is 3.05. The van der Waals surface area contributed by atoms with Crippen molar-refractivity contribution in [3.05, 3.63) is 35.7 Å². The van der Waals surface area contributed by atoms with Crippen LogP contribution in [0.15, 0.2) is 30.0 Å². The van der Waals surface area contributed by atoms with Crippen LogP contribution in [0.1, 0.15) is 25.0 Å². The molecule has 0 aromatic carbocycles. The fourth-order valence-corrected chi connectivity index (χ4v) is 2.13. The third-order valence-electron chi connectivity index (χ3n) is 3.11. The van der Waals surface area contributed by atoms with Crippen molar-refractivity contribution in [2.24, 2.45) is 0 Å². The van der Waals surface area contributed by atoms with Gasteiger partial charge in [0.05, 0.1) is 0 Å². The van der Waals surface area contributed by atoms with Gasteiger partial charge in [-0.2, -0.15) is 0 Å². The highest BCUT2D eigenvalue weighted by Crippen LogP contribution is 2.13. The maximum absolute atomic E-state index is 12.1. The van der Waals surface area contributed by atoms with Gasteiger partial charge < -0.3 is 4.90 Å². The lowest BCUT2D eigenvalue weighted by Crippen LogP contribution is -2.37. The van der Waals surface area contributed by atoms with Gasteiger partial charge in [-0.3, -0.25) is 9.78 Å². The van der Waals surface area contributed by atoms with E-state index in [1.54, 1.807) is 29.2 Å². The molecule has 0 N–H and O–H groups in total. The average molecular weight is 244 g/mol. The summed E-state index contributed by atoms with van der Waals surface area (Å²) >= 11 is 0. The first-order valence-corrected chi connectivity index (χ1v) is 6.24. The van der Waals surface area contributed by atoms with Crippen LogP contribution in [0.4, 0.5) is 0 Å². The van der Waals surface area contributed by atoms with Gasteiger partial charge in [-0.15, -0.1) is 0 Å². The van der Waals surface area contributed by atoms with Crippen molar-refractivity contribution in [2.45, 2.75) is 25.7 Å². The molecule has 0 unspecified atom stereocenters. The maximum Gasteiger partial charge on any atom is 0.261 e. The van der Waals surface area contributed by atoms with Gasteiger partial charge in [0.25, 0.3) is 5.91 Å². The summed E-state index contributed by atoms with van der Waals surface area (Å²) < 4.78 is 0. The molecule has 2 rings (SSSR count). The Morgan fingerprint density at radius 3 is 2.67 bits per heavy atom. The number of aromatic nitrogens is 1. The van der Waals surface area contributed by atoms with Crippen molar-refractivity contribution < 1.29 is 9.59 Å². The molecule has 4 heteroatoms. The molecule has 0 atom stereocenters. The molecule has 0 radical (unpaired) electrons. The second-order valence-corrected chi connectivity index (χ2v) is 4.43. The van der Waals surface area contributed by atoms with E-state index in [0.717, 1.165) is 38.0 Å². The van der Waals surface area contributed by atoms with Gasteiger partial charge in [-0.05, 0) is 31.4 Å². The third-order valence-corrected chi connectivity index (χ3v) is 3.11. The summed E-state index contributed by atoms with van der Waals surface area (Å²) in [5.41, 5.74) is 0.900. The Morgan fingerprint density at radius 2 is 2.06 bits per heavy atom. The molecule has 0 bridgehead atoms. The van der Waals surface area contributed by atoms with E-state index in [1.807, 2.05) is 6.07 Å². The molecular formula is C14H16N2O2. The average Bonchev–Trinajstić information content (AvgIpc) is 2.46. The van der Waals surface area contributed by atoms with Crippen LogP contribution in [0, 0.1) is 0 Å². The number of carbonyl (C=O) groups excluding carboxylic acids is 2. The molecule has 1 aliphatic rings. The minimum Gasteiger partial charge on any atom is -0.338 e. The predicted molar refractivity (Wildman–Crippen MR) is 67.6 cm³/mol. The van der Waals surface area contributed by atoms with E-state index in [9.17, 15) is 9.59 Å². The lowest BCUT2D eigenvalue weighted by molar-refractivity contribution is -0.127. The molecule has 0 spiro atoms. The highest BCUT2D eigenvalue weighted by atomic mass is 16.2. The van der Waals surface area contributed by atoms with Crippen LogP contribution < -0.4 is 0 Å². The van der Waals surface area contributed by atoms with Gasteiger partial charge in [-0.25, -0.2) is 4.79 Å². The first kappa shape index (κ1) is 12.5. The van der Waals surface area contributed by atoms with Crippen molar-refractivity contribution in [3.63, 3.8) is 0 Å². The van der Waals surface area contributed by atoms with Crippen molar-refractivity contribution in [2.75, 3.05) is 13.1 Å². The molecular weight excluding hydrogens is 228 g/mol. The zero-order chi connectivity index (χ0) is 12.8. The van der Waals surface area contributed by atoms with Crippen LogP contribution in [0.25, 0.3) is 0 Å². The highest BCUT2D eigenvalue weighted by molar-refractivity contribution is 6.01. The predicted octanol–water partition coefficient (Wildman–Crippen LogP) is 1.39.